The van der Waals surface area contributed by atoms with E-state index >= 15 is 0 Å². The van der Waals surface area contributed by atoms with Crippen LogP contribution < -0.4 is 0 Å². The fourth-order valence-corrected chi connectivity index (χ4v) is 1.76. The lowest BCUT2D eigenvalue weighted by molar-refractivity contribution is 0.478. The van der Waals surface area contributed by atoms with Gasteiger partial charge in [0.15, 0.2) is 0 Å². The molecule has 0 fully saturated rings. The van der Waals surface area contributed by atoms with E-state index in [0.717, 1.165) is 11.6 Å². The molecular weight excluding hydrogens is 204 g/mol. The highest BCUT2D eigenvalue weighted by Gasteiger charge is 2.08. The van der Waals surface area contributed by atoms with Crippen LogP contribution in [-0.2, 0) is 6.42 Å². The summed E-state index contributed by atoms with van der Waals surface area (Å²) in [6, 6.07) is 7.19. The van der Waals surface area contributed by atoms with Crippen molar-refractivity contribution in [2.24, 2.45) is 0 Å². The van der Waals surface area contributed by atoms with Gasteiger partial charge < -0.3 is 13.9 Å². The maximum Gasteiger partial charge on any atom is 0.141 e. The Kier molecular flexibility index (Phi) is 1.93. The molecular formula is C12H10N2O2. The number of imidazole rings is 1. The average Bonchev–Trinajstić information content (AvgIpc) is 2.90. The fraction of sp³-hybridized carbons (Fsp3) is 0.0833. The van der Waals surface area contributed by atoms with Gasteiger partial charge in [-0.15, -0.1) is 0 Å². The molecule has 80 valence electrons. The van der Waals surface area contributed by atoms with E-state index in [1.54, 1.807) is 24.6 Å². The molecule has 3 aromatic heterocycles. The molecule has 4 heteroatoms. The Morgan fingerprint density at radius 3 is 3.06 bits per heavy atom. The Morgan fingerprint density at radius 2 is 2.25 bits per heavy atom. The molecule has 3 heterocycles. The van der Waals surface area contributed by atoms with Gasteiger partial charge in [0, 0.05) is 6.20 Å². The highest BCUT2D eigenvalue weighted by Crippen LogP contribution is 2.19. The molecule has 3 rings (SSSR count). The Morgan fingerprint density at radius 1 is 1.31 bits per heavy atom. The minimum Gasteiger partial charge on any atom is -0.506 e. The van der Waals surface area contributed by atoms with Crippen molar-refractivity contribution in [2.75, 3.05) is 0 Å². The monoisotopic (exact) mass is 214 g/mol. The van der Waals surface area contributed by atoms with Crippen molar-refractivity contribution < 1.29 is 9.52 Å². The largest absolute Gasteiger partial charge is 0.506 e. The first-order valence-electron chi connectivity index (χ1n) is 5.01. The molecule has 0 radical (unpaired) electrons. The summed E-state index contributed by atoms with van der Waals surface area (Å²) in [5.41, 5.74) is 0.712. The number of aromatic nitrogens is 2. The molecule has 16 heavy (non-hydrogen) atoms. The van der Waals surface area contributed by atoms with Crippen molar-refractivity contribution in [3.63, 3.8) is 0 Å². The van der Waals surface area contributed by atoms with E-state index in [0.29, 0.717) is 11.9 Å². The maximum atomic E-state index is 9.63. The summed E-state index contributed by atoms with van der Waals surface area (Å²) in [7, 11) is 0. The van der Waals surface area contributed by atoms with Crippen molar-refractivity contribution in [1.29, 1.82) is 0 Å². The molecule has 1 N–H and O–H groups in total. The molecule has 0 bridgehead atoms. The zero-order valence-corrected chi connectivity index (χ0v) is 8.50. The second kappa shape index (κ2) is 3.41. The van der Waals surface area contributed by atoms with Gasteiger partial charge in [-0.05, 0) is 24.3 Å². The third-order valence-electron chi connectivity index (χ3n) is 2.54. The summed E-state index contributed by atoms with van der Waals surface area (Å²) in [5.74, 6) is 1.94. The maximum absolute atomic E-state index is 9.63. The van der Waals surface area contributed by atoms with Gasteiger partial charge in [0.1, 0.15) is 22.9 Å². The van der Waals surface area contributed by atoms with Crippen LogP contribution in [0.15, 0.2) is 47.3 Å². The molecule has 0 unspecified atom stereocenters. The first kappa shape index (κ1) is 9.03. The van der Waals surface area contributed by atoms with Crippen LogP contribution in [0.1, 0.15) is 11.6 Å². The van der Waals surface area contributed by atoms with Crippen LogP contribution in [0.5, 0.6) is 5.75 Å². The van der Waals surface area contributed by atoms with Gasteiger partial charge in [-0.25, -0.2) is 4.98 Å². The Hall–Kier alpha value is -2.23. The summed E-state index contributed by atoms with van der Waals surface area (Å²) in [6.45, 7) is 0. The van der Waals surface area contributed by atoms with Crippen LogP contribution in [0.2, 0.25) is 0 Å². The van der Waals surface area contributed by atoms with Gasteiger partial charge in [0.05, 0.1) is 18.9 Å². The van der Waals surface area contributed by atoms with Gasteiger partial charge in [-0.1, -0.05) is 0 Å². The first-order valence-corrected chi connectivity index (χ1v) is 5.01. The van der Waals surface area contributed by atoms with E-state index in [4.69, 9.17) is 4.42 Å². The lowest BCUT2D eigenvalue weighted by atomic mass is 10.3. The van der Waals surface area contributed by atoms with Crippen LogP contribution in [0.25, 0.3) is 5.52 Å². The second-order valence-electron chi connectivity index (χ2n) is 3.58. The predicted molar refractivity (Wildman–Crippen MR) is 58.4 cm³/mol. The number of nitrogens with zero attached hydrogens (tertiary/aromatic N) is 2. The number of rotatable bonds is 2. The fourth-order valence-electron chi connectivity index (χ4n) is 1.76. The molecule has 0 spiro atoms. The van der Waals surface area contributed by atoms with E-state index in [1.807, 2.05) is 22.7 Å². The van der Waals surface area contributed by atoms with E-state index < -0.39 is 0 Å². The number of aromatic hydroxyl groups is 1. The topological polar surface area (TPSA) is 50.7 Å². The van der Waals surface area contributed by atoms with E-state index in [9.17, 15) is 5.11 Å². The standard InChI is InChI=1S/C12H10N2O2/c15-11-4-1-5-14-10(11)8-13-12(14)7-9-3-2-6-16-9/h1-6,8,15H,7H2. The first-order chi connectivity index (χ1) is 7.84. The quantitative estimate of drug-likeness (QED) is 0.711. The van der Waals surface area contributed by atoms with E-state index in [2.05, 4.69) is 4.98 Å². The molecule has 0 aliphatic rings. The lowest BCUT2D eigenvalue weighted by Crippen LogP contribution is -1.94. The highest BCUT2D eigenvalue weighted by molar-refractivity contribution is 5.58. The number of hydrogen-bond acceptors (Lipinski definition) is 3. The molecule has 0 saturated heterocycles. The summed E-state index contributed by atoms with van der Waals surface area (Å²) < 4.78 is 7.13. The number of fused-ring (bicyclic) bond motifs is 1. The van der Waals surface area contributed by atoms with Crippen LogP contribution >= 0.6 is 0 Å². The van der Waals surface area contributed by atoms with Gasteiger partial charge in [0.2, 0.25) is 0 Å². The molecule has 4 nitrogen and oxygen atoms in total. The van der Waals surface area contributed by atoms with Crippen LogP contribution in [0.3, 0.4) is 0 Å². The van der Waals surface area contributed by atoms with Crippen molar-refractivity contribution >= 4 is 5.52 Å². The summed E-state index contributed by atoms with van der Waals surface area (Å²) >= 11 is 0. The molecule has 0 amide bonds. The molecule has 0 aromatic carbocycles. The van der Waals surface area contributed by atoms with Crippen LogP contribution in [0, 0.1) is 0 Å². The lowest BCUT2D eigenvalue weighted by Gasteiger charge is -2.00. The van der Waals surface area contributed by atoms with Crippen molar-refractivity contribution in [3.05, 3.63) is 54.5 Å². The molecule has 0 aliphatic carbocycles. The normalized spacial score (nSPS) is 11.0. The zero-order valence-electron chi connectivity index (χ0n) is 8.50. The number of pyridine rings is 1. The van der Waals surface area contributed by atoms with Gasteiger partial charge in [-0.3, -0.25) is 0 Å². The van der Waals surface area contributed by atoms with Gasteiger partial charge >= 0.3 is 0 Å². The number of furan rings is 1. The van der Waals surface area contributed by atoms with Gasteiger partial charge in [0.25, 0.3) is 0 Å². The third-order valence-corrected chi connectivity index (χ3v) is 2.54. The van der Waals surface area contributed by atoms with Crippen molar-refractivity contribution in [1.82, 2.24) is 9.38 Å². The van der Waals surface area contributed by atoms with Crippen LogP contribution in [-0.4, -0.2) is 14.5 Å². The second-order valence-corrected chi connectivity index (χ2v) is 3.58. The minimum atomic E-state index is 0.237. The van der Waals surface area contributed by atoms with E-state index in [-0.39, 0.29) is 5.75 Å². The summed E-state index contributed by atoms with van der Waals surface area (Å²) in [4.78, 5) is 4.27. The zero-order chi connectivity index (χ0) is 11.0. The Balaban J connectivity index is 2.08. The van der Waals surface area contributed by atoms with Crippen molar-refractivity contribution in [3.8, 4) is 5.75 Å². The van der Waals surface area contributed by atoms with E-state index in [1.165, 1.54) is 0 Å². The minimum absolute atomic E-state index is 0.237. The smallest absolute Gasteiger partial charge is 0.141 e. The van der Waals surface area contributed by atoms with Crippen LogP contribution in [0.4, 0.5) is 0 Å². The molecule has 3 aromatic rings. The third kappa shape index (κ3) is 1.35. The van der Waals surface area contributed by atoms with Gasteiger partial charge in [-0.2, -0.15) is 0 Å². The molecule has 0 atom stereocenters. The summed E-state index contributed by atoms with van der Waals surface area (Å²) in [6.07, 6.45) is 5.79. The Labute approximate surface area is 91.8 Å². The average molecular weight is 214 g/mol. The highest BCUT2D eigenvalue weighted by atomic mass is 16.3. The number of hydrogen-bond donors (Lipinski definition) is 1. The molecule has 0 aliphatic heterocycles. The molecule has 0 saturated carbocycles. The summed E-state index contributed by atoms with van der Waals surface area (Å²) in [5, 5.41) is 9.63. The predicted octanol–water partition coefficient (Wildman–Crippen LogP) is 2.22. The SMILES string of the molecule is Oc1cccn2c(Cc3ccco3)ncc12. The van der Waals surface area contributed by atoms with Crippen molar-refractivity contribution in [2.45, 2.75) is 6.42 Å². The Bertz CT molecular complexity index is 611.